The van der Waals surface area contributed by atoms with E-state index in [-0.39, 0.29) is 5.91 Å². The maximum atomic E-state index is 13.4. The molecule has 1 N–H and O–H groups in total. The smallest absolute Gasteiger partial charge is 0.242 e. The number of carbonyl (C=O) groups is 1. The van der Waals surface area contributed by atoms with Crippen molar-refractivity contribution in [1.82, 2.24) is 14.8 Å². The molecule has 7 heteroatoms. The highest BCUT2D eigenvalue weighted by atomic mass is 32.2. The number of rotatable bonds is 7. The van der Waals surface area contributed by atoms with E-state index in [9.17, 15) is 4.79 Å². The Hall–Kier alpha value is -2.80. The number of aryl methyl sites for hydroxylation is 2. The number of carbonyl (C=O) groups excluding carboxylic acids is 1. The highest BCUT2D eigenvalue weighted by molar-refractivity contribution is 8.00. The molecular weight excluding hydrogens is 384 g/mol. The fraction of sp³-hybridized carbons (Fsp3) is 0.318. The van der Waals surface area contributed by atoms with Gasteiger partial charge >= 0.3 is 0 Å². The first-order valence-electron chi connectivity index (χ1n) is 9.65. The van der Waals surface area contributed by atoms with E-state index in [0.717, 1.165) is 34.9 Å². The maximum Gasteiger partial charge on any atom is 0.242 e. The SMILES string of the molecule is COc1ccc(C)cc1NC(=O)[C@H](Sc1nnc(C)n1C1CC1)c1ccccc1. The Morgan fingerprint density at radius 1 is 1.17 bits per heavy atom. The van der Waals surface area contributed by atoms with Crippen molar-refractivity contribution in [3.63, 3.8) is 0 Å². The Kier molecular flexibility index (Phi) is 5.58. The second kappa shape index (κ2) is 8.29. The molecule has 1 saturated carbocycles. The minimum atomic E-state index is -0.456. The Balaban J connectivity index is 1.65. The largest absolute Gasteiger partial charge is 0.495 e. The second-order valence-corrected chi connectivity index (χ2v) is 8.30. The summed E-state index contributed by atoms with van der Waals surface area (Å²) in [5.74, 6) is 1.41. The van der Waals surface area contributed by atoms with Crippen molar-refractivity contribution in [2.24, 2.45) is 0 Å². The van der Waals surface area contributed by atoms with Crippen LogP contribution < -0.4 is 10.1 Å². The van der Waals surface area contributed by atoms with Crippen LogP contribution in [0.3, 0.4) is 0 Å². The summed E-state index contributed by atoms with van der Waals surface area (Å²) in [6.45, 7) is 3.95. The summed E-state index contributed by atoms with van der Waals surface area (Å²) in [6.07, 6.45) is 2.27. The predicted molar refractivity (Wildman–Crippen MR) is 114 cm³/mol. The number of methoxy groups -OCH3 is 1. The highest BCUT2D eigenvalue weighted by Crippen LogP contribution is 2.42. The van der Waals surface area contributed by atoms with Crippen molar-refractivity contribution >= 4 is 23.4 Å². The minimum absolute atomic E-state index is 0.118. The molecule has 0 saturated heterocycles. The van der Waals surface area contributed by atoms with E-state index in [1.165, 1.54) is 11.8 Å². The molecule has 29 heavy (non-hydrogen) atoms. The maximum absolute atomic E-state index is 13.4. The quantitative estimate of drug-likeness (QED) is 0.574. The third-order valence-electron chi connectivity index (χ3n) is 4.92. The van der Waals surface area contributed by atoms with Gasteiger partial charge in [0.15, 0.2) is 5.16 Å². The molecule has 0 aliphatic heterocycles. The van der Waals surface area contributed by atoms with Crippen LogP contribution >= 0.6 is 11.8 Å². The summed E-state index contributed by atoms with van der Waals surface area (Å²) in [4.78, 5) is 13.4. The van der Waals surface area contributed by atoms with Gasteiger partial charge in [0.1, 0.15) is 16.8 Å². The average Bonchev–Trinajstić information content (AvgIpc) is 3.49. The zero-order valence-electron chi connectivity index (χ0n) is 16.8. The van der Waals surface area contributed by atoms with E-state index >= 15 is 0 Å². The van der Waals surface area contributed by atoms with Crippen LogP contribution in [0, 0.1) is 13.8 Å². The summed E-state index contributed by atoms with van der Waals surface area (Å²) in [6, 6.07) is 16.0. The van der Waals surface area contributed by atoms with Crippen LogP contribution in [0.25, 0.3) is 0 Å². The number of thioether (sulfide) groups is 1. The number of anilines is 1. The van der Waals surface area contributed by atoms with Gasteiger partial charge in [-0.25, -0.2) is 0 Å². The molecule has 1 atom stereocenters. The van der Waals surface area contributed by atoms with E-state index in [2.05, 4.69) is 20.1 Å². The third-order valence-corrected chi connectivity index (χ3v) is 6.13. The van der Waals surface area contributed by atoms with Gasteiger partial charge in [0.2, 0.25) is 5.91 Å². The van der Waals surface area contributed by atoms with Gasteiger partial charge in [0.05, 0.1) is 12.8 Å². The molecule has 1 aliphatic carbocycles. The second-order valence-electron chi connectivity index (χ2n) is 7.23. The molecule has 1 fully saturated rings. The van der Waals surface area contributed by atoms with E-state index in [1.807, 2.05) is 62.4 Å². The van der Waals surface area contributed by atoms with E-state index in [1.54, 1.807) is 7.11 Å². The molecule has 0 unspecified atom stereocenters. The first-order chi connectivity index (χ1) is 14.1. The van der Waals surface area contributed by atoms with Crippen LogP contribution in [0.15, 0.2) is 53.7 Å². The van der Waals surface area contributed by atoms with Gasteiger partial charge in [-0.2, -0.15) is 0 Å². The molecule has 1 amide bonds. The van der Waals surface area contributed by atoms with Crippen LogP contribution in [-0.2, 0) is 4.79 Å². The molecule has 0 spiro atoms. The van der Waals surface area contributed by atoms with Gasteiger partial charge in [-0.15, -0.1) is 10.2 Å². The lowest BCUT2D eigenvalue weighted by Gasteiger charge is -2.18. The Bertz CT molecular complexity index is 1010. The summed E-state index contributed by atoms with van der Waals surface area (Å²) in [5.41, 5.74) is 2.64. The zero-order chi connectivity index (χ0) is 20.4. The van der Waals surface area contributed by atoms with Crippen LogP contribution in [0.1, 0.15) is 41.1 Å². The van der Waals surface area contributed by atoms with Crippen molar-refractivity contribution in [2.45, 2.75) is 43.1 Å². The number of hydrogen-bond donors (Lipinski definition) is 1. The Morgan fingerprint density at radius 2 is 1.93 bits per heavy atom. The molecular formula is C22H24N4O2S. The number of ether oxygens (including phenoxy) is 1. The van der Waals surface area contributed by atoms with Crippen molar-refractivity contribution < 1.29 is 9.53 Å². The molecule has 6 nitrogen and oxygen atoms in total. The lowest BCUT2D eigenvalue weighted by atomic mass is 10.1. The zero-order valence-corrected chi connectivity index (χ0v) is 17.6. The van der Waals surface area contributed by atoms with E-state index in [4.69, 9.17) is 4.74 Å². The van der Waals surface area contributed by atoms with E-state index in [0.29, 0.717) is 17.5 Å². The molecule has 150 valence electrons. The van der Waals surface area contributed by atoms with Crippen molar-refractivity contribution in [1.29, 1.82) is 0 Å². The monoisotopic (exact) mass is 408 g/mol. The molecule has 0 bridgehead atoms. The number of benzene rings is 2. The van der Waals surface area contributed by atoms with Gasteiger partial charge < -0.3 is 14.6 Å². The fourth-order valence-corrected chi connectivity index (χ4v) is 4.46. The molecule has 4 rings (SSSR count). The first-order valence-corrected chi connectivity index (χ1v) is 10.5. The van der Waals surface area contributed by atoms with Crippen molar-refractivity contribution in [2.75, 3.05) is 12.4 Å². The fourth-order valence-electron chi connectivity index (χ4n) is 3.31. The van der Waals surface area contributed by atoms with Gasteiger partial charge in [-0.05, 0) is 49.9 Å². The number of hydrogen-bond acceptors (Lipinski definition) is 5. The normalized spacial score (nSPS) is 14.4. The Labute approximate surface area is 174 Å². The van der Waals surface area contributed by atoms with Crippen LogP contribution in [-0.4, -0.2) is 27.8 Å². The summed E-state index contributed by atoms with van der Waals surface area (Å²) >= 11 is 1.44. The van der Waals surface area contributed by atoms with Gasteiger partial charge in [0.25, 0.3) is 0 Å². The topological polar surface area (TPSA) is 69.0 Å². The molecule has 1 heterocycles. The van der Waals surface area contributed by atoms with Gasteiger partial charge in [0, 0.05) is 6.04 Å². The van der Waals surface area contributed by atoms with Crippen LogP contribution in [0.4, 0.5) is 5.69 Å². The van der Waals surface area contributed by atoms with Crippen LogP contribution in [0.2, 0.25) is 0 Å². The predicted octanol–water partition coefficient (Wildman–Crippen LogP) is 4.71. The lowest BCUT2D eigenvalue weighted by molar-refractivity contribution is -0.115. The van der Waals surface area contributed by atoms with Crippen molar-refractivity contribution in [3.05, 3.63) is 65.5 Å². The van der Waals surface area contributed by atoms with Gasteiger partial charge in [-0.1, -0.05) is 48.2 Å². The minimum Gasteiger partial charge on any atom is -0.495 e. The van der Waals surface area contributed by atoms with Crippen LogP contribution in [0.5, 0.6) is 5.75 Å². The molecule has 0 radical (unpaired) electrons. The number of amides is 1. The third kappa shape index (κ3) is 4.29. The standard InChI is InChI=1S/C22H24N4O2S/c1-14-9-12-19(28-3)18(13-14)23-21(27)20(16-7-5-4-6-8-16)29-22-25-24-15(2)26(22)17-10-11-17/h4-9,12-13,17,20H,10-11H2,1-3H3,(H,23,27)/t20-/m1/s1. The van der Waals surface area contributed by atoms with E-state index < -0.39 is 5.25 Å². The first kappa shape index (κ1) is 19.5. The summed E-state index contributed by atoms with van der Waals surface area (Å²) < 4.78 is 7.57. The molecule has 1 aromatic heterocycles. The number of nitrogens with zero attached hydrogens (tertiary/aromatic N) is 3. The molecule has 1 aliphatic rings. The number of nitrogens with one attached hydrogen (secondary N) is 1. The Morgan fingerprint density at radius 3 is 2.62 bits per heavy atom. The summed E-state index contributed by atoms with van der Waals surface area (Å²) in [7, 11) is 1.60. The molecule has 2 aromatic carbocycles. The molecule has 3 aromatic rings. The summed E-state index contributed by atoms with van der Waals surface area (Å²) in [5, 5.41) is 12.0. The van der Waals surface area contributed by atoms with Gasteiger partial charge in [-0.3, -0.25) is 4.79 Å². The highest BCUT2D eigenvalue weighted by Gasteiger charge is 2.31. The number of aromatic nitrogens is 3. The lowest BCUT2D eigenvalue weighted by Crippen LogP contribution is -2.20. The van der Waals surface area contributed by atoms with Crippen molar-refractivity contribution in [3.8, 4) is 5.75 Å². The average molecular weight is 409 g/mol.